The molecule has 0 unspecified atom stereocenters. The summed E-state index contributed by atoms with van der Waals surface area (Å²) in [5, 5.41) is 7.95. The van der Waals surface area contributed by atoms with Crippen molar-refractivity contribution < 1.29 is 0 Å². The first-order valence-electron chi connectivity index (χ1n) is 9.58. The van der Waals surface area contributed by atoms with E-state index in [0.29, 0.717) is 23.8 Å². The largest absolute Gasteiger partial charge is 0.368 e. The third-order valence-electron chi connectivity index (χ3n) is 4.40. The van der Waals surface area contributed by atoms with Crippen LogP contribution in [0.4, 0.5) is 11.8 Å². The molecule has 0 bridgehead atoms. The van der Waals surface area contributed by atoms with Crippen molar-refractivity contribution in [2.45, 2.75) is 19.9 Å². The normalized spacial score (nSPS) is 11.2. The summed E-state index contributed by atoms with van der Waals surface area (Å²) in [4.78, 5) is 23.2. The van der Waals surface area contributed by atoms with Gasteiger partial charge in [0.15, 0.2) is 0 Å². The van der Waals surface area contributed by atoms with E-state index in [-0.39, 0.29) is 17.5 Å². The van der Waals surface area contributed by atoms with Gasteiger partial charge in [-0.1, -0.05) is 30.3 Å². The lowest BCUT2D eigenvalue weighted by Crippen LogP contribution is -2.24. The van der Waals surface area contributed by atoms with Crippen molar-refractivity contribution in [3.05, 3.63) is 52.8 Å². The molecule has 1 aromatic carbocycles. The van der Waals surface area contributed by atoms with E-state index in [9.17, 15) is 4.79 Å². The van der Waals surface area contributed by atoms with Crippen molar-refractivity contribution in [1.29, 1.82) is 0 Å². The van der Waals surface area contributed by atoms with Crippen LogP contribution in [0.3, 0.4) is 0 Å². The minimum absolute atomic E-state index is 0.0672. The van der Waals surface area contributed by atoms with Gasteiger partial charge in [-0.05, 0) is 34.0 Å². The number of hydrogen-bond acceptors (Lipinski definition) is 7. The summed E-state index contributed by atoms with van der Waals surface area (Å²) in [6.07, 6.45) is 0. The van der Waals surface area contributed by atoms with Crippen LogP contribution < -0.4 is 16.6 Å². The van der Waals surface area contributed by atoms with Crippen LogP contribution >= 0.6 is 0 Å². The van der Waals surface area contributed by atoms with E-state index >= 15 is 0 Å². The van der Waals surface area contributed by atoms with Crippen molar-refractivity contribution in [2.24, 2.45) is 0 Å². The Hall–Kier alpha value is -3.26. The first-order chi connectivity index (χ1) is 13.9. The standard InChI is InChI=1S/C21H27N7O/c1-14(2)28-17(29)11-10-16(26-28)18-19(15-8-6-5-7-9-15)24-21(22)25-20(18)23-12-13-27(3)4/h5-11,14H,12-13H2,1-4H3,(H3,22,23,24,25). The summed E-state index contributed by atoms with van der Waals surface area (Å²) >= 11 is 0. The Balaban J connectivity index is 2.21. The van der Waals surface area contributed by atoms with Gasteiger partial charge < -0.3 is 16.0 Å². The highest BCUT2D eigenvalue weighted by Gasteiger charge is 2.19. The molecular formula is C21H27N7O. The van der Waals surface area contributed by atoms with E-state index in [4.69, 9.17) is 5.73 Å². The highest BCUT2D eigenvalue weighted by atomic mass is 16.1. The third kappa shape index (κ3) is 4.78. The molecule has 0 amide bonds. The lowest BCUT2D eigenvalue weighted by molar-refractivity contribution is 0.425. The van der Waals surface area contributed by atoms with Crippen molar-refractivity contribution in [2.75, 3.05) is 38.2 Å². The predicted molar refractivity (Wildman–Crippen MR) is 117 cm³/mol. The Morgan fingerprint density at radius 3 is 2.48 bits per heavy atom. The van der Waals surface area contributed by atoms with Crippen LogP contribution in [-0.2, 0) is 0 Å². The van der Waals surface area contributed by atoms with Gasteiger partial charge in [0.05, 0.1) is 23.0 Å². The number of rotatable bonds is 7. The van der Waals surface area contributed by atoms with E-state index in [0.717, 1.165) is 17.7 Å². The summed E-state index contributed by atoms with van der Waals surface area (Å²) in [7, 11) is 4.01. The topological polar surface area (TPSA) is 102 Å². The van der Waals surface area contributed by atoms with Gasteiger partial charge in [0.2, 0.25) is 5.95 Å². The molecule has 0 atom stereocenters. The predicted octanol–water partition coefficient (Wildman–Crippen LogP) is 2.50. The minimum Gasteiger partial charge on any atom is -0.368 e. The number of likely N-dealkylation sites (N-methyl/N-ethyl adjacent to an activating group) is 1. The summed E-state index contributed by atoms with van der Waals surface area (Å²) in [5.41, 5.74) is 8.79. The molecule has 0 saturated heterocycles. The molecule has 0 radical (unpaired) electrons. The summed E-state index contributed by atoms with van der Waals surface area (Å²) in [6, 6.07) is 12.9. The van der Waals surface area contributed by atoms with E-state index < -0.39 is 0 Å². The first kappa shape index (κ1) is 20.5. The number of benzene rings is 1. The monoisotopic (exact) mass is 393 g/mol. The second-order valence-electron chi connectivity index (χ2n) is 7.35. The van der Waals surface area contributed by atoms with Crippen LogP contribution in [0.1, 0.15) is 19.9 Å². The van der Waals surface area contributed by atoms with Crippen molar-refractivity contribution >= 4 is 11.8 Å². The minimum atomic E-state index is -0.150. The number of hydrogen-bond donors (Lipinski definition) is 2. The molecule has 152 valence electrons. The van der Waals surface area contributed by atoms with Crippen molar-refractivity contribution in [3.63, 3.8) is 0 Å². The molecule has 3 N–H and O–H groups in total. The van der Waals surface area contributed by atoms with Gasteiger partial charge in [-0.25, -0.2) is 9.67 Å². The molecule has 3 rings (SSSR count). The average Bonchev–Trinajstić information content (AvgIpc) is 2.68. The Morgan fingerprint density at radius 1 is 1.10 bits per heavy atom. The van der Waals surface area contributed by atoms with Crippen molar-refractivity contribution in [3.8, 4) is 22.5 Å². The Bertz CT molecular complexity index is 1030. The summed E-state index contributed by atoms with van der Waals surface area (Å²) < 4.78 is 1.46. The maximum absolute atomic E-state index is 12.2. The van der Waals surface area contributed by atoms with Crippen LogP contribution in [0.15, 0.2) is 47.3 Å². The zero-order chi connectivity index (χ0) is 21.0. The number of nitrogens with two attached hydrogens (primary N) is 1. The zero-order valence-electron chi connectivity index (χ0n) is 17.3. The molecule has 2 heterocycles. The van der Waals surface area contributed by atoms with Crippen molar-refractivity contribution in [1.82, 2.24) is 24.6 Å². The lowest BCUT2D eigenvalue weighted by atomic mass is 10.0. The highest BCUT2D eigenvalue weighted by Crippen LogP contribution is 2.35. The Morgan fingerprint density at radius 2 is 1.83 bits per heavy atom. The van der Waals surface area contributed by atoms with Crippen LogP contribution in [0.2, 0.25) is 0 Å². The fourth-order valence-electron chi connectivity index (χ4n) is 2.98. The summed E-state index contributed by atoms with van der Waals surface area (Å²) in [6.45, 7) is 5.34. The molecule has 0 aliphatic rings. The van der Waals surface area contributed by atoms with E-state index in [1.807, 2.05) is 58.3 Å². The molecule has 8 nitrogen and oxygen atoms in total. The second-order valence-corrected chi connectivity index (χ2v) is 7.35. The van der Waals surface area contributed by atoms with Gasteiger partial charge in [0, 0.05) is 24.7 Å². The van der Waals surface area contributed by atoms with Gasteiger partial charge in [-0.3, -0.25) is 4.79 Å². The Labute approximate surface area is 170 Å². The van der Waals surface area contributed by atoms with Crippen LogP contribution in [-0.4, -0.2) is 51.8 Å². The molecule has 8 heteroatoms. The molecule has 0 spiro atoms. The maximum atomic E-state index is 12.2. The van der Waals surface area contributed by atoms with Crippen LogP contribution in [0, 0.1) is 0 Å². The zero-order valence-corrected chi connectivity index (χ0v) is 17.3. The van der Waals surface area contributed by atoms with E-state index in [1.54, 1.807) is 6.07 Å². The van der Waals surface area contributed by atoms with Gasteiger partial charge in [-0.2, -0.15) is 10.1 Å². The molecule has 0 aliphatic carbocycles. The fraction of sp³-hybridized carbons (Fsp3) is 0.333. The first-order valence-corrected chi connectivity index (χ1v) is 9.58. The molecule has 0 aliphatic heterocycles. The summed E-state index contributed by atoms with van der Waals surface area (Å²) in [5.74, 6) is 0.775. The van der Waals surface area contributed by atoms with Gasteiger partial charge in [-0.15, -0.1) is 0 Å². The average molecular weight is 393 g/mol. The molecule has 29 heavy (non-hydrogen) atoms. The number of anilines is 2. The second kappa shape index (κ2) is 8.83. The molecule has 2 aromatic heterocycles. The number of nitrogens with one attached hydrogen (secondary N) is 1. The number of nitrogens with zero attached hydrogens (tertiary/aromatic N) is 5. The lowest BCUT2D eigenvalue weighted by Gasteiger charge is -2.18. The van der Waals surface area contributed by atoms with Gasteiger partial charge >= 0.3 is 0 Å². The number of aromatic nitrogens is 4. The fourth-order valence-corrected chi connectivity index (χ4v) is 2.98. The van der Waals surface area contributed by atoms with Crippen LogP contribution in [0.5, 0.6) is 0 Å². The van der Waals surface area contributed by atoms with Gasteiger partial charge in [0.1, 0.15) is 5.82 Å². The molecule has 0 fully saturated rings. The van der Waals surface area contributed by atoms with Crippen LogP contribution in [0.25, 0.3) is 22.5 Å². The molecular weight excluding hydrogens is 366 g/mol. The van der Waals surface area contributed by atoms with E-state index in [1.165, 1.54) is 10.7 Å². The van der Waals surface area contributed by atoms with Gasteiger partial charge in [0.25, 0.3) is 5.56 Å². The number of nitrogen functional groups attached to an aromatic ring is 1. The Kier molecular flexibility index (Phi) is 6.23. The third-order valence-corrected chi connectivity index (χ3v) is 4.40. The highest BCUT2D eigenvalue weighted by molar-refractivity contribution is 5.87. The van der Waals surface area contributed by atoms with E-state index in [2.05, 4.69) is 25.3 Å². The smallest absolute Gasteiger partial charge is 0.267 e. The maximum Gasteiger partial charge on any atom is 0.267 e. The molecule has 0 saturated carbocycles. The SMILES string of the molecule is CC(C)n1nc(-c2c(NCCN(C)C)nc(N)nc2-c2ccccc2)ccc1=O. The molecule has 3 aromatic rings. The quantitative estimate of drug-likeness (QED) is 0.636.